The zero-order valence-electron chi connectivity index (χ0n) is 14.0. The molecule has 0 aromatic rings. The first-order valence-corrected chi connectivity index (χ1v) is 9.14. The van der Waals surface area contributed by atoms with Gasteiger partial charge >= 0.3 is 0 Å². The molecule has 2 aliphatic rings. The number of likely N-dealkylation sites (tertiary alicyclic amines) is 1. The summed E-state index contributed by atoms with van der Waals surface area (Å²) in [6, 6.07) is 0. The summed E-state index contributed by atoms with van der Waals surface area (Å²) in [6.07, 6.45) is 9.14. The summed E-state index contributed by atoms with van der Waals surface area (Å²) in [4.78, 5) is 16.6. The van der Waals surface area contributed by atoms with Crippen molar-refractivity contribution in [1.82, 2.24) is 15.1 Å². The maximum absolute atomic E-state index is 11.8. The van der Waals surface area contributed by atoms with Gasteiger partial charge in [0.15, 0.2) is 0 Å². The van der Waals surface area contributed by atoms with Crippen LogP contribution in [0.5, 0.6) is 0 Å². The highest BCUT2D eigenvalue weighted by atomic mass is 16.5. The molecule has 0 unspecified atom stereocenters. The van der Waals surface area contributed by atoms with Crippen LogP contribution in [0.4, 0.5) is 0 Å². The summed E-state index contributed by atoms with van der Waals surface area (Å²) in [5, 5.41) is 3.04. The molecule has 0 bridgehead atoms. The minimum atomic E-state index is 0.161. The summed E-state index contributed by atoms with van der Waals surface area (Å²) in [5.41, 5.74) is 0. The summed E-state index contributed by atoms with van der Waals surface area (Å²) in [7, 11) is 0. The number of morpholine rings is 1. The monoisotopic (exact) mass is 311 g/mol. The van der Waals surface area contributed by atoms with Crippen LogP contribution in [-0.2, 0) is 9.53 Å². The maximum Gasteiger partial charge on any atom is 0.234 e. The number of carbonyl (C=O) groups excluding carboxylic acids is 1. The number of ether oxygens (including phenoxy) is 1. The average Bonchev–Trinajstić information content (AvgIpc) is 2.80. The van der Waals surface area contributed by atoms with E-state index in [9.17, 15) is 4.79 Å². The Bertz CT molecular complexity index is 298. The Balaban J connectivity index is 1.42. The predicted molar refractivity (Wildman–Crippen MR) is 89.0 cm³/mol. The summed E-state index contributed by atoms with van der Waals surface area (Å²) >= 11 is 0. The van der Waals surface area contributed by atoms with E-state index in [0.29, 0.717) is 6.54 Å². The van der Waals surface area contributed by atoms with E-state index in [1.165, 1.54) is 58.2 Å². The van der Waals surface area contributed by atoms with Crippen molar-refractivity contribution in [2.45, 2.75) is 44.9 Å². The molecule has 22 heavy (non-hydrogen) atoms. The van der Waals surface area contributed by atoms with E-state index < -0.39 is 0 Å². The van der Waals surface area contributed by atoms with Crippen LogP contribution in [0.1, 0.15) is 44.9 Å². The van der Waals surface area contributed by atoms with Gasteiger partial charge in [0, 0.05) is 19.6 Å². The third kappa shape index (κ3) is 7.56. The molecule has 0 saturated carbocycles. The second-order valence-electron chi connectivity index (χ2n) is 6.55. The largest absolute Gasteiger partial charge is 0.379 e. The molecule has 128 valence electrons. The number of carbonyl (C=O) groups is 1. The Labute approximate surface area is 135 Å². The molecular weight excluding hydrogens is 278 g/mol. The van der Waals surface area contributed by atoms with Crippen LogP contribution in [0.25, 0.3) is 0 Å². The average molecular weight is 311 g/mol. The van der Waals surface area contributed by atoms with Crippen molar-refractivity contribution in [2.24, 2.45) is 0 Å². The lowest BCUT2D eigenvalue weighted by Gasteiger charge is -2.25. The Morgan fingerprint density at radius 2 is 1.59 bits per heavy atom. The summed E-state index contributed by atoms with van der Waals surface area (Å²) in [5.74, 6) is 0.161. The van der Waals surface area contributed by atoms with Crippen molar-refractivity contribution in [1.29, 1.82) is 0 Å². The predicted octanol–water partition coefficient (Wildman–Crippen LogP) is 1.48. The van der Waals surface area contributed by atoms with Crippen LogP contribution in [0.15, 0.2) is 0 Å². The van der Waals surface area contributed by atoms with Crippen LogP contribution >= 0.6 is 0 Å². The number of hydrogen-bond donors (Lipinski definition) is 1. The smallest absolute Gasteiger partial charge is 0.234 e. The van der Waals surface area contributed by atoms with Crippen molar-refractivity contribution in [3.63, 3.8) is 0 Å². The van der Waals surface area contributed by atoms with E-state index in [1.54, 1.807) is 0 Å². The highest BCUT2D eigenvalue weighted by Crippen LogP contribution is 2.10. The quantitative estimate of drug-likeness (QED) is 0.690. The highest BCUT2D eigenvalue weighted by molar-refractivity contribution is 5.77. The zero-order valence-corrected chi connectivity index (χ0v) is 14.0. The third-order valence-corrected chi connectivity index (χ3v) is 4.64. The molecule has 0 aromatic heterocycles. The number of nitrogens with one attached hydrogen (secondary N) is 1. The number of hydrogen-bond acceptors (Lipinski definition) is 4. The molecule has 0 aromatic carbocycles. The fourth-order valence-corrected chi connectivity index (χ4v) is 3.24. The van der Waals surface area contributed by atoms with Crippen molar-refractivity contribution in [3.8, 4) is 0 Å². The first kappa shape index (κ1) is 17.7. The van der Waals surface area contributed by atoms with E-state index in [-0.39, 0.29) is 5.91 Å². The van der Waals surface area contributed by atoms with E-state index in [2.05, 4.69) is 15.1 Å². The lowest BCUT2D eigenvalue weighted by atomic mass is 10.2. The molecule has 2 heterocycles. The second-order valence-corrected chi connectivity index (χ2v) is 6.55. The van der Waals surface area contributed by atoms with Crippen LogP contribution in [0.2, 0.25) is 0 Å². The van der Waals surface area contributed by atoms with Gasteiger partial charge in [-0.3, -0.25) is 9.69 Å². The highest BCUT2D eigenvalue weighted by Gasteiger charge is 2.13. The van der Waals surface area contributed by atoms with Gasteiger partial charge in [-0.2, -0.15) is 0 Å². The van der Waals surface area contributed by atoms with E-state index in [4.69, 9.17) is 4.74 Å². The first-order chi connectivity index (χ1) is 10.8. The molecule has 1 N–H and O–H groups in total. The van der Waals surface area contributed by atoms with E-state index >= 15 is 0 Å². The molecule has 2 aliphatic heterocycles. The van der Waals surface area contributed by atoms with Crippen molar-refractivity contribution >= 4 is 5.91 Å². The molecule has 5 heteroatoms. The topological polar surface area (TPSA) is 44.8 Å². The number of nitrogens with zero attached hydrogens (tertiary/aromatic N) is 2. The Kier molecular flexibility index (Phi) is 8.83. The molecule has 2 fully saturated rings. The van der Waals surface area contributed by atoms with Gasteiger partial charge in [-0.25, -0.2) is 0 Å². The van der Waals surface area contributed by atoms with Gasteiger partial charge < -0.3 is 15.0 Å². The van der Waals surface area contributed by atoms with Gasteiger partial charge in [0.1, 0.15) is 0 Å². The van der Waals surface area contributed by atoms with Gasteiger partial charge in [-0.15, -0.1) is 0 Å². The molecule has 0 spiro atoms. The Hall–Kier alpha value is -0.650. The first-order valence-electron chi connectivity index (χ1n) is 9.14. The Morgan fingerprint density at radius 1 is 0.864 bits per heavy atom. The van der Waals surface area contributed by atoms with Crippen LogP contribution in [-0.4, -0.2) is 74.7 Å². The van der Waals surface area contributed by atoms with Crippen LogP contribution in [0, 0.1) is 0 Å². The van der Waals surface area contributed by atoms with Gasteiger partial charge in [-0.1, -0.05) is 19.3 Å². The minimum Gasteiger partial charge on any atom is -0.379 e. The van der Waals surface area contributed by atoms with Gasteiger partial charge in [0.05, 0.1) is 19.8 Å². The molecular formula is C17H33N3O2. The SMILES string of the molecule is O=C(CN1CCOCC1)NCCCCCN1CCCCCC1. The Morgan fingerprint density at radius 3 is 2.32 bits per heavy atom. The van der Waals surface area contributed by atoms with Gasteiger partial charge in [-0.05, 0) is 45.3 Å². The minimum absolute atomic E-state index is 0.161. The molecule has 0 atom stereocenters. The molecule has 0 radical (unpaired) electrons. The molecule has 2 saturated heterocycles. The number of amides is 1. The molecule has 5 nitrogen and oxygen atoms in total. The standard InChI is InChI=1S/C17H33N3O2/c21-17(16-20-12-14-22-15-13-20)18-8-4-3-7-11-19-9-5-1-2-6-10-19/h1-16H2,(H,18,21). The number of unbranched alkanes of at least 4 members (excludes halogenated alkanes) is 2. The molecule has 0 aliphatic carbocycles. The normalized spacial score (nSPS) is 21.5. The van der Waals surface area contributed by atoms with Gasteiger partial charge in [0.2, 0.25) is 5.91 Å². The second kappa shape index (κ2) is 11.0. The third-order valence-electron chi connectivity index (χ3n) is 4.64. The molecule has 1 amide bonds. The number of rotatable bonds is 8. The van der Waals surface area contributed by atoms with Crippen LogP contribution < -0.4 is 5.32 Å². The van der Waals surface area contributed by atoms with Crippen LogP contribution in [0.3, 0.4) is 0 Å². The maximum atomic E-state index is 11.8. The van der Waals surface area contributed by atoms with Crippen molar-refractivity contribution < 1.29 is 9.53 Å². The zero-order chi connectivity index (χ0) is 15.5. The van der Waals surface area contributed by atoms with E-state index in [0.717, 1.165) is 39.3 Å². The lowest BCUT2D eigenvalue weighted by Crippen LogP contribution is -2.43. The fourth-order valence-electron chi connectivity index (χ4n) is 3.24. The summed E-state index contributed by atoms with van der Waals surface area (Å²) < 4.78 is 5.29. The van der Waals surface area contributed by atoms with E-state index in [1.807, 2.05) is 0 Å². The fraction of sp³-hybridized carbons (Fsp3) is 0.941. The lowest BCUT2D eigenvalue weighted by molar-refractivity contribution is -0.123. The van der Waals surface area contributed by atoms with Gasteiger partial charge in [0.25, 0.3) is 0 Å². The molecule has 2 rings (SSSR count). The van der Waals surface area contributed by atoms with Crippen molar-refractivity contribution in [3.05, 3.63) is 0 Å². The summed E-state index contributed by atoms with van der Waals surface area (Å²) in [6.45, 7) is 8.43. The van der Waals surface area contributed by atoms with Crippen molar-refractivity contribution in [2.75, 3.05) is 59.0 Å².